The molecule has 0 radical (unpaired) electrons. The van der Waals surface area contributed by atoms with Crippen molar-refractivity contribution in [2.75, 3.05) is 13.2 Å². The van der Waals surface area contributed by atoms with Crippen molar-refractivity contribution in [1.82, 2.24) is 4.98 Å². The molecular weight excluding hydrogens is 198 g/mol. The second kappa shape index (κ2) is 3.22. The van der Waals surface area contributed by atoms with E-state index in [1.807, 2.05) is 24.3 Å². The van der Waals surface area contributed by atoms with Crippen LogP contribution in [0.1, 0.15) is 0 Å². The van der Waals surface area contributed by atoms with E-state index in [0.717, 1.165) is 17.3 Å². The Morgan fingerprint density at radius 2 is 2.36 bits per heavy atom. The maximum absolute atomic E-state index is 5.50. The van der Waals surface area contributed by atoms with E-state index in [1.54, 1.807) is 11.3 Å². The maximum Gasteiger partial charge on any atom is 0.274 e. The van der Waals surface area contributed by atoms with E-state index in [0.29, 0.717) is 12.7 Å². The SMILES string of the molecule is c1ccc2sc(OC[C@@H]3CO3)nc2c1. The van der Waals surface area contributed by atoms with Gasteiger partial charge in [-0.05, 0) is 12.1 Å². The highest BCUT2D eigenvalue weighted by molar-refractivity contribution is 7.20. The van der Waals surface area contributed by atoms with E-state index < -0.39 is 0 Å². The summed E-state index contributed by atoms with van der Waals surface area (Å²) in [4.78, 5) is 4.35. The first-order valence-corrected chi connectivity index (χ1v) is 5.33. The quantitative estimate of drug-likeness (QED) is 0.723. The fraction of sp³-hybridized carbons (Fsp3) is 0.300. The molecule has 1 aliphatic rings. The van der Waals surface area contributed by atoms with E-state index in [1.165, 1.54) is 4.70 Å². The van der Waals surface area contributed by atoms with Crippen LogP contribution in [0.15, 0.2) is 24.3 Å². The molecule has 0 unspecified atom stereocenters. The fourth-order valence-corrected chi connectivity index (χ4v) is 2.07. The number of epoxide rings is 1. The molecular formula is C10H9NO2S. The Balaban J connectivity index is 1.82. The minimum Gasteiger partial charge on any atom is -0.467 e. The highest BCUT2D eigenvalue weighted by Gasteiger charge is 2.23. The summed E-state index contributed by atoms with van der Waals surface area (Å²) in [5.74, 6) is 0. The smallest absolute Gasteiger partial charge is 0.274 e. The van der Waals surface area contributed by atoms with Crippen LogP contribution in [0.2, 0.25) is 0 Å². The van der Waals surface area contributed by atoms with Gasteiger partial charge in [0.25, 0.3) is 5.19 Å². The van der Waals surface area contributed by atoms with Crippen LogP contribution < -0.4 is 4.74 Å². The second-order valence-corrected chi connectivity index (χ2v) is 4.21. The molecule has 1 saturated heterocycles. The monoisotopic (exact) mass is 207 g/mol. The Morgan fingerprint density at radius 3 is 3.14 bits per heavy atom. The Labute approximate surface area is 85.3 Å². The number of ether oxygens (including phenoxy) is 2. The summed E-state index contributed by atoms with van der Waals surface area (Å²) in [7, 11) is 0. The molecule has 72 valence electrons. The Kier molecular flexibility index (Phi) is 1.89. The topological polar surface area (TPSA) is 34.6 Å². The lowest BCUT2D eigenvalue weighted by atomic mass is 10.3. The number of thiazole rings is 1. The number of hydrogen-bond donors (Lipinski definition) is 0. The van der Waals surface area contributed by atoms with Crippen molar-refractivity contribution >= 4 is 21.6 Å². The van der Waals surface area contributed by atoms with Gasteiger partial charge >= 0.3 is 0 Å². The molecule has 0 amide bonds. The zero-order chi connectivity index (χ0) is 9.38. The van der Waals surface area contributed by atoms with Gasteiger partial charge in [0.1, 0.15) is 12.7 Å². The van der Waals surface area contributed by atoms with Gasteiger partial charge in [0.05, 0.1) is 16.8 Å². The van der Waals surface area contributed by atoms with Crippen molar-refractivity contribution in [3.8, 4) is 5.19 Å². The number of rotatable bonds is 3. The largest absolute Gasteiger partial charge is 0.467 e. The Bertz CT molecular complexity index is 417. The van der Waals surface area contributed by atoms with Crippen molar-refractivity contribution < 1.29 is 9.47 Å². The third kappa shape index (κ3) is 1.58. The van der Waals surface area contributed by atoms with Gasteiger partial charge in [-0.25, -0.2) is 4.98 Å². The highest BCUT2D eigenvalue weighted by Crippen LogP contribution is 2.27. The number of nitrogens with zero attached hydrogens (tertiary/aromatic N) is 1. The second-order valence-electron chi connectivity index (χ2n) is 3.21. The van der Waals surface area contributed by atoms with Crippen molar-refractivity contribution in [2.24, 2.45) is 0 Å². The number of benzene rings is 1. The van der Waals surface area contributed by atoms with E-state index in [4.69, 9.17) is 9.47 Å². The number of para-hydroxylation sites is 1. The summed E-state index contributed by atoms with van der Waals surface area (Å²) in [6, 6.07) is 8.03. The normalized spacial score (nSPS) is 19.9. The van der Waals surface area contributed by atoms with Crippen LogP contribution in [0, 0.1) is 0 Å². The molecule has 1 atom stereocenters. The van der Waals surface area contributed by atoms with E-state index in [2.05, 4.69) is 4.98 Å². The molecule has 4 heteroatoms. The van der Waals surface area contributed by atoms with Gasteiger partial charge in [-0.1, -0.05) is 23.5 Å². The van der Waals surface area contributed by atoms with Gasteiger partial charge in [0.15, 0.2) is 0 Å². The van der Waals surface area contributed by atoms with Gasteiger partial charge < -0.3 is 9.47 Å². The van der Waals surface area contributed by atoms with Crippen molar-refractivity contribution in [3.05, 3.63) is 24.3 Å². The molecule has 1 fully saturated rings. The van der Waals surface area contributed by atoms with Crippen LogP contribution in [0.25, 0.3) is 10.2 Å². The molecule has 0 aliphatic carbocycles. The summed E-state index contributed by atoms with van der Waals surface area (Å²) in [6.07, 6.45) is 0.294. The fourth-order valence-electron chi connectivity index (χ4n) is 1.24. The summed E-state index contributed by atoms with van der Waals surface area (Å²) in [6.45, 7) is 1.45. The molecule has 0 N–H and O–H groups in total. The molecule has 2 aromatic rings. The van der Waals surface area contributed by atoms with E-state index in [-0.39, 0.29) is 0 Å². The Morgan fingerprint density at radius 1 is 1.50 bits per heavy atom. The molecule has 0 spiro atoms. The van der Waals surface area contributed by atoms with Crippen molar-refractivity contribution in [1.29, 1.82) is 0 Å². The molecule has 2 heterocycles. The summed E-state index contributed by atoms with van der Waals surface area (Å²) in [5, 5.41) is 0.738. The first-order chi connectivity index (χ1) is 6.92. The predicted molar refractivity (Wildman–Crippen MR) is 54.9 cm³/mol. The minimum atomic E-state index is 0.294. The molecule has 1 aromatic heterocycles. The van der Waals surface area contributed by atoms with Crippen molar-refractivity contribution in [2.45, 2.75) is 6.10 Å². The van der Waals surface area contributed by atoms with Gasteiger partial charge in [0.2, 0.25) is 0 Å². The van der Waals surface area contributed by atoms with Crippen LogP contribution in [0.4, 0.5) is 0 Å². The third-order valence-corrected chi connectivity index (χ3v) is 3.02. The number of fused-ring (bicyclic) bond motifs is 1. The summed E-state index contributed by atoms with van der Waals surface area (Å²) in [5.41, 5.74) is 1.00. The standard InChI is InChI=1S/C10H9NO2S/c1-2-4-9-8(3-1)11-10(14-9)13-6-7-5-12-7/h1-4,7H,5-6H2/t7-/m0/s1. The lowest BCUT2D eigenvalue weighted by Gasteiger charge is -1.95. The minimum absolute atomic E-state index is 0.294. The zero-order valence-electron chi connectivity index (χ0n) is 7.47. The van der Waals surface area contributed by atoms with Crippen LogP contribution in [-0.4, -0.2) is 24.3 Å². The zero-order valence-corrected chi connectivity index (χ0v) is 8.29. The third-order valence-electron chi connectivity index (χ3n) is 2.07. The van der Waals surface area contributed by atoms with Crippen LogP contribution in [0.3, 0.4) is 0 Å². The molecule has 14 heavy (non-hydrogen) atoms. The van der Waals surface area contributed by atoms with Crippen LogP contribution in [0.5, 0.6) is 5.19 Å². The van der Waals surface area contributed by atoms with Crippen LogP contribution >= 0.6 is 11.3 Å². The first-order valence-electron chi connectivity index (χ1n) is 4.52. The van der Waals surface area contributed by atoms with E-state index in [9.17, 15) is 0 Å². The van der Waals surface area contributed by atoms with Gasteiger partial charge in [-0.2, -0.15) is 0 Å². The molecule has 1 aliphatic heterocycles. The molecule has 3 nitrogen and oxygen atoms in total. The molecule has 3 rings (SSSR count). The van der Waals surface area contributed by atoms with Crippen molar-refractivity contribution in [3.63, 3.8) is 0 Å². The number of aromatic nitrogens is 1. The van der Waals surface area contributed by atoms with Gasteiger partial charge in [0, 0.05) is 0 Å². The Hall–Kier alpha value is -1.13. The highest BCUT2D eigenvalue weighted by atomic mass is 32.1. The lowest BCUT2D eigenvalue weighted by molar-refractivity contribution is 0.262. The van der Waals surface area contributed by atoms with E-state index >= 15 is 0 Å². The number of hydrogen-bond acceptors (Lipinski definition) is 4. The first kappa shape index (κ1) is 8.20. The molecule has 0 bridgehead atoms. The van der Waals surface area contributed by atoms with Gasteiger partial charge in [-0.3, -0.25) is 0 Å². The molecule has 0 saturated carbocycles. The van der Waals surface area contributed by atoms with Gasteiger partial charge in [-0.15, -0.1) is 0 Å². The average molecular weight is 207 g/mol. The average Bonchev–Trinajstić information content (AvgIpc) is 2.94. The summed E-state index contributed by atoms with van der Waals surface area (Å²) < 4.78 is 11.7. The molecule has 1 aromatic carbocycles. The maximum atomic E-state index is 5.50. The van der Waals surface area contributed by atoms with Crippen LogP contribution in [-0.2, 0) is 4.74 Å². The summed E-state index contributed by atoms with van der Waals surface area (Å²) >= 11 is 1.58. The lowest BCUT2D eigenvalue weighted by Crippen LogP contribution is -2.03. The predicted octanol–water partition coefficient (Wildman–Crippen LogP) is 2.07.